The lowest BCUT2D eigenvalue weighted by Gasteiger charge is -2.41. The molecular formula is C16H18N2O2. The summed E-state index contributed by atoms with van der Waals surface area (Å²) in [6.45, 7) is 6.46. The standard InChI is InChI=1S/C16H18N2O2/c1-15(2)8-11-6-4-5-7-12(11)16(15,3)18-10-17-9-13(18)14(19)20/h4-7,9-10H,8H2,1-3H3,(H,19,20). The third-order valence-corrected chi connectivity index (χ3v) is 4.83. The third-order valence-electron chi connectivity index (χ3n) is 4.83. The van der Waals surface area contributed by atoms with E-state index < -0.39 is 11.5 Å². The normalized spacial score (nSPS) is 23.6. The van der Waals surface area contributed by atoms with Crippen molar-refractivity contribution >= 4 is 5.97 Å². The maximum Gasteiger partial charge on any atom is 0.354 e. The Labute approximate surface area is 118 Å². The van der Waals surface area contributed by atoms with E-state index in [0.29, 0.717) is 0 Å². The molecule has 0 spiro atoms. The molecule has 0 saturated heterocycles. The summed E-state index contributed by atoms with van der Waals surface area (Å²) in [7, 11) is 0. The van der Waals surface area contributed by atoms with E-state index in [4.69, 9.17) is 0 Å². The first kappa shape index (κ1) is 12.9. The monoisotopic (exact) mass is 270 g/mol. The van der Waals surface area contributed by atoms with Gasteiger partial charge in [-0.1, -0.05) is 38.1 Å². The van der Waals surface area contributed by atoms with Gasteiger partial charge in [-0.25, -0.2) is 9.78 Å². The van der Waals surface area contributed by atoms with Crippen LogP contribution in [-0.4, -0.2) is 20.6 Å². The molecule has 1 N–H and O–H groups in total. The largest absolute Gasteiger partial charge is 0.477 e. The van der Waals surface area contributed by atoms with E-state index in [1.165, 1.54) is 17.3 Å². The van der Waals surface area contributed by atoms with Crippen LogP contribution in [0.15, 0.2) is 36.8 Å². The molecule has 104 valence electrons. The fourth-order valence-electron chi connectivity index (χ4n) is 3.43. The van der Waals surface area contributed by atoms with E-state index in [1.54, 1.807) is 10.9 Å². The van der Waals surface area contributed by atoms with Crippen LogP contribution in [0.3, 0.4) is 0 Å². The summed E-state index contributed by atoms with van der Waals surface area (Å²) < 4.78 is 1.81. The van der Waals surface area contributed by atoms with Gasteiger partial charge in [0.2, 0.25) is 0 Å². The topological polar surface area (TPSA) is 55.1 Å². The molecule has 1 heterocycles. The van der Waals surface area contributed by atoms with Gasteiger partial charge in [-0.15, -0.1) is 0 Å². The van der Waals surface area contributed by atoms with Crippen LogP contribution in [-0.2, 0) is 12.0 Å². The number of carbonyl (C=O) groups is 1. The summed E-state index contributed by atoms with van der Waals surface area (Å²) >= 11 is 0. The van der Waals surface area contributed by atoms with Crippen molar-refractivity contribution in [3.05, 3.63) is 53.6 Å². The van der Waals surface area contributed by atoms with Crippen molar-refractivity contribution in [2.75, 3.05) is 0 Å². The first-order valence-corrected chi connectivity index (χ1v) is 6.72. The van der Waals surface area contributed by atoms with E-state index in [-0.39, 0.29) is 11.1 Å². The second kappa shape index (κ2) is 3.95. The zero-order valence-corrected chi connectivity index (χ0v) is 11.9. The quantitative estimate of drug-likeness (QED) is 0.912. The molecule has 0 radical (unpaired) electrons. The van der Waals surface area contributed by atoms with E-state index in [2.05, 4.69) is 37.9 Å². The number of rotatable bonds is 2. The van der Waals surface area contributed by atoms with Crippen molar-refractivity contribution < 1.29 is 9.90 Å². The first-order valence-electron chi connectivity index (χ1n) is 6.72. The van der Waals surface area contributed by atoms with Crippen LogP contribution < -0.4 is 0 Å². The molecule has 1 atom stereocenters. The molecule has 0 aliphatic heterocycles. The van der Waals surface area contributed by atoms with Gasteiger partial charge in [-0.3, -0.25) is 0 Å². The Morgan fingerprint density at radius 1 is 1.30 bits per heavy atom. The van der Waals surface area contributed by atoms with Crippen molar-refractivity contribution in [3.63, 3.8) is 0 Å². The molecule has 1 unspecified atom stereocenters. The van der Waals surface area contributed by atoms with Gasteiger partial charge in [0.05, 0.1) is 18.1 Å². The van der Waals surface area contributed by atoms with Crippen LogP contribution in [0.25, 0.3) is 0 Å². The van der Waals surface area contributed by atoms with E-state index >= 15 is 0 Å². The van der Waals surface area contributed by atoms with Crippen LogP contribution in [0.5, 0.6) is 0 Å². The molecule has 1 aliphatic rings. The lowest BCUT2D eigenvalue weighted by Crippen LogP contribution is -2.43. The number of carboxylic acids is 1. The van der Waals surface area contributed by atoms with Crippen LogP contribution in [0.4, 0.5) is 0 Å². The van der Waals surface area contributed by atoms with Gasteiger partial charge in [0.25, 0.3) is 0 Å². The second-order valence-corrected chi connectivity index (χ2v) is 6.24. The first-order chi connectivity index (χ1) is 9.38. The average molecular weight is 270 g/mol. The molecular weight excluding hydrogens is 252 g/mol. The maximum absolute atomic E-state index is 11.4. The molecule has 1 aliphatic carbocycles. The van der Waals surface area contributed by atoms with Crippen molar-refractivity contribution in [3.8, 4) is 0 Å². The van der Waals surface area contributed by atoms with E-state index in [1.807, 2.05) is 12.1 Å². The van der Waals surface area contributed by atoms with Crippen molar-refractivity contribution in [1.82, 2.24) is 9.55 Å². The number of hydrogen-bond acceptors (Lipinski definition) is 2. The van der Waals surface area contributed by atoms with Gasteiger partial charge < -0.3 is 9.67 Å². The molecule has 0 fully saturated rings. The predicted octanol–water partition coefficient (Wildman–Crippen LogP) is 2.93. The van der Waals surface area contributed by atoms with Gasteiger partial charge in [0.15, 0.2) is 0 Å². The predicted molar refractivity (Wildman–Crippen MR) is 75.9 cm³/mol. The number of benzene rings is 1. The number of carboxylic acid groups (broad SMARTS) is 1. The van der Waals surface area contributed by atoms with Crippen molar-refractivity contribution in [2.45, 2.75) is 32.7 Å². The van der Waals surface area contributed by atoms with Crippen molar-refractivity contribution in [1.29, 1.82) is 0 Å². The summed E-state index contributed by atoms with van der Waals surface area (Å²) in [6, 6.07) is 8.26. The Hall–Kier alpha value is -2.10. The van der Waals surface area contributed by atoms with Gasteiger partial charge in [-0.2, -0.15) is 0 Å². The Balaban J connectivity index is 2.29. The molecule has 3 rings (SSSR count). The van der Waals surface area contributed by atoms with Gasteiger partial charge in [-0.05, 0) is 29.9 Å². The molecule has 0 amide bonds. The summed E-state index contributed by atoms with van der Waals surface area (Å²) in [5.41, 5.74) is 2.21. The molecule has 2 aromatic rings. The van der Waals surface area contributed by atoms with Crippen LogP contribution in [0.2, 0.25) is 0 Å². The molecule has 1 aromatic carbocycles. The smallest absolute Gasteiger partial charge is 0.354 e. The number of aromatic carboxylic acids is 1. The molecule has 0 saturated carbocycles. The molecule has 4 nitrogen and oxygen atoms in total. The summed E-state index contributed by atoms with van der Waals surface area (Å²) in [5.74, 6) is -0.941. The number of hydrogen-bond donors (Lipinski definition) is 1. The van der Waals surface area contributed by atoms with Gasteiger partial charge in [0, 0.05) is 0 Å². The highest BCUT2D eigenvalue weighted by Gasteiger charge is 2.51. The Morgan fingerprint density at radius 3 is 2.70 bits per heavy atom. The molecule has 20 heavy (non-hydrogen) atoms. The summed E-state index contributed by atoms with van der Waals surface area (Å²) in [6.07, 6.45) is 3.98. The number of nitrogens with zero attached hydrogens (tertiary/aromatic N) is 2. The Morgan fingerprint density at radius 2 is 2.00 bits per heavy atom. The van der Waals surface area contributed by atoms with Crippen molar-refractivity contribution in [2.24, 2.45) is 5.41 Å². The highest BCUT2D eigenvalue weighted by molar-refractivity contribution is 5.85. The zero-order chi connectivity index (χ0) is 14.5. The summed E-state index contributed by atoms with van der Waals surface area (Å²) in [4.78, 5) is 15.5. The minimum absolute atomic E-state index is 0.0818. The second-order valence-electron chi connectivity index (χ2n) is 6.24. The number of aromatic nitrogens is 2. The number of fused-ring (bicyclic) bond motifs is 1. The average Bonchev–Trinajstić information content (AvgIpc) is 2.93. The molecule has 4 heteroatoms. The van der Waals surface area contributed by atoms with E-state index in [9.17, 15) is 9.90 Å². The summed E-state index contributed by atoms with van der Waals surface area (Å²) in [5, 5.41) is 9.39. The van der Waals surface area contributed by atoms with Crippen LogP contribution in [0.1, 0.15) is 42.4 Å². The lowest BCUT2D eigenvalue weighted by atomic mass is 9.73. The minimum Gasteiger partial charge on any atom is -0.477 e. The Bertz CT molecular complexity index is 687. The fourth-order valence-corrected chi connectivity index (χ4v) is 3.43. The lowest BCUT2D eigenvalue weighted by molar-refractivity contribution is 0.0665. The minimum atomic E-state index is -0.941. The maximum atomic E-state index is 11.4. The van der Waals surface area contributed by atoms with Crippen LogP contribution in [0, 0.1) is 5.41 Å². The number of imidazole rings is 1. The fraction of sp³-hybridized carbons (Fsp3) is 0.375. The Kier molecular flexibility index (Phi) is 2.55. The molecule has 1 aromatic heterocycles. The highest BCUT2D eigenvalue weighted by atomic mass is 16.4. The zero-order valence-electron chi connectivity index (χ0n) is 11.9. The van der Waals surface area contributed by atoms with E-state index in [0.717, 1.165) is 6.42 Å². The highest BCUT2D eigenvalue weighted by Crippen LogP contribution is 2.52. The third kappa shape index (κ3) is 1.48. The molecule has 0 bridgehead atoms. The SMILES string of the molecule is CC1(C)Cc2ccccc2C1(C)n1cncc1C(=O)O. The van der Waals surface area contributed by atoms with Crippen LogP contribution >= 0.6 is 0 Å². The van der Waals surface area contributed by atoms with Gasteiger partial charge >= 0.3 is 5.97 Å². The van der Waals surface area contributed by atoms with Gasteiger partial charge in [0.1, 0.15) is 5.69 Å².